The van der Waals surface area contributed by atoms with Gasteiger partial charge in [-0.25, -0.2) is 0 Å². The van der Waals surface area contributed by atoms with Crippen molar-refractivity contribution >= 4 is 27.3 Å². The van der Waals surface area contributed by atoms with E-state index in [1.165, 1.54) is 14.2 Å². The van der Waals surface area contributed by atoms with Crippen LogP contribution in [0.25, 0.3) is 0 Å². The Kier molecular flexibility index (Phi) is 3.03. The number of morpholine rings is 1. The average molecular weight is 262 g/mol. The minimum atomic E-state index is 0.392. The van der Waals surface area contributed by atoms with Crippen LogP contribution in [-0.2, 0) is 4.74 Å². The van der Waals surface area contributed by atoms with Crippen molar-refractivity contribution in [3.63, 3.8) is 0 Å². The predicted molar refractivity (Wildman–Crippen MR) is 58.3 cm³/mol. The van der Waals surface area contributed by atoms with Gasteiger partial charge in [0.1, 0.15) is 0 Å². The van der Waals surface area contributed by atoms with E-state index in [0.29, 0.717) is 6.04 Å². The summed E-state index contributed by atoms with van der Waals surface area (Å²) in [5, 5.41) is 3.44. The molecule has 1 aliphatic heterocycles. The van der Waals surface area contributed by atoms with Gasteiger partial charge in [-0.1, -0.05) is 0 Å². The van der Waals surface area contributed by atoms with Crippen LogP contribution >= 0.6 is 27.3 Å². The summed E-state index contributed by atoms with van der Waals surface area (Å²) in [4.78, 5) is 2.70. The zero-order valence-corrected chi connectivity index (χ0v) is 9.87. The molecule has 72 valence electrons. The fourth-order valence-corrected chi connectivity index (χ4v) is 3.02. The molecule has 2 nitrogen and oxygen atoms in total. The Bertz CT molecular complexity index is 274. The van der Waals surface area contributed by atoms with Crippen LogP contribution in [0.15, 0.2) is 10.5 Å². The van der Waals surface area contributed by atoms with E-state index in [-0.39, 0.29) is 0 Å². The Balaban J connectivity index is 2.14. The molecule has 0 radical (unpaired) electrons. The fraction of sp³-hybridized carbons (Fsp3) is 0.556. The van der Waals surface area contributed by atoms with Crippen LogP contribution in [0.3, 0.4) is 0 Å². The largest absolute Gasteiger partial charge is 0.378 e. The lowest BCUT2D eigenvalue weighted by molar-refractivity contribution is 0.0779. The van der Waals surface area contributed by atoms with Crippen LogP contribution in [0.2, 0.25) is 0 Å². The van der Waals surface area contributed by atoms with Crippen molar-refractivity contribution < 1.29 is 4.74 Å². The molecule has 0 spiro atoms. The Hall–Kier alpha value is 0.100. The van der Waals surface area contributed by atoms with Crippen molar-refractivity contribution in [3.8, 4) is 0 Å². The molecule has 2 rings (SSSR count). The Morgan fingerprint density at radius 3 is 3.08 bits per heavy atom. The van der Waals surface area contributed by atoms with Gasteiger partial charge in [0.2, 0.25) is 0 Å². The number of hydrogen-bond donors (Lipinski definition) is 1. The van der Waals surface area contributed by atoms with Crippen LogP contribution in [0.5, 0.6) is 0 Å². The van der Waals surface area contributed by atoms with E-state index in [4.69, 9.17) is 4.74 Å². The van der Waals surface area contributed by atoms with Crippen LogP contribution in [0.1, 0.15) is 15.8 Å². The fourth-order valence-electron chi connectivity index (χ4n) is 1.40. The highest BCUT2D eigenvalue weighted by atomic mass is 79.9. The number of ether oxygens (including phenoxy) is 1. The van der Waals surface area contributed by atoms with E-state index in [9.17, 15) is 0 Å². The Morgan fingerprint density at radius 2 is 2.54 bits per heavy atom. The molecule has 1 fully saturated rings. The molecule has 1 saturated heterocycles. The van der Waals surface area contributed by atoms with Crippen LogP contribution < -0.4 is 5.32 Å². The normalized spacial score (nSPS) is 23.4. The molecule has 0 aliphatic carbocycles. The summed E-state index contributed by atoms with van der Waals surface area (Å²) in [6.07, 6.45) is 0. The van der Waals surface area contributed by atoms with E-state index in [0.717, 1.165) is 19.8 Å². The van der Waals surface area contributed by atoms with E-state index in [1.54, 1.807) is 0 Å². The molecule has 1 aromatic rings. The molecule has 0 amide bonds. The van der Waals surface area contributed by atoms with Gasteiger partial charge in [-0.2, -0.15) is 0 Å². The zero-order chi connectivity index (χ0) is 9.26. The first-order valence-electron chi connectivity index (χ1n) is 4.34. The van der Waals surface area contributed by atoms with Crippen LogP contribution in [0, 0.1) is 6.92 Å². The third-order valence-electron chi connectivity index (χ3n) is 2.14. The van der Waals surface area contributed by atoms with Gasteiger partial charge in [-0.3, -0.25) is 0 Å². The zero-order valence-electron chi connectivity index (χ0n) is 7.47. The summed E-state index contributed by atoms with van der Waals surface area (Å²) < 4.78 is 6.62. The molecule has 1 aromatic heterocycles. The topological polar surface area (TPSA) is 21.3 Å². The van der Waals surface area contributed by atoms with Gasteiger partial charge < -0.3 is 10.1 Å². The molecule has 0 aromatic carbocycles. The Labute approximate surface area is 90.4 Å². The monoisotopic (exact) mass is 261 g/mol. The van der Waals surface area contributed by atoms with Gasteiger partial charge in [0.15, 0.2) is 0 Å². The highest BCUT2D eigenvalue weighted by Gasteiger charge is 2.17. The molecule has 0 saturated carbocycles. The molecule has 1 aliphatic rings. The second-order valence-electron chi connectivity index (χ2n) is 3.13. The summed E-state index contributed by atoms with van der Waals surface area (Å²) in [6.45, 7) is 4.72. The molecule has 1 N–H and O–H groups in total. The van der Waals surface area contributed by atoms with Gasteiger partial charge in [-0.05, 0) is 28.9 Å². The lowest BCUT2D eigenvalue weighted by atomic mass is 10.2. The molecular formula is C9H12BrNOS. The maximum absolute atomic E-state index is 5.41. The third kappa shape index (κ3) is 2.13. The first kappa shape index (κ1) is 9.65. The van der Waals surface area contributed by atoms with Gasteiger partial charge in [0.05, 0.1) is 19.3 Å². The summed E-state index contributed by atoms with van der Waals surface area (Å²) >= 11 is 5.36. The van der Waals surface area contributed by atoms with E-state index < -0.39 is 0 Å². The Morgan fingerprint density at radius 1 is 1.69 bits per heavy atom. The summed E-state index contributed by atoms with van der Waals surface area (Å²) in [6, 6.07) is 2.58. The number of aryl methyl sites for hydroxylation is 1. The highest BCUT2D eigenvalue weighted by molar-refractivity contribution is 9.10. The molecule has 13 heavy (non-hydrogen) atoms. The van der Waals surface area contributed by atoms with E-state index in [1.807, 2.05) is 11.3 Å². The van der Waals surface area contributed by atoms with Gasteiger partial charge in [0.25, 0.3) is 0 Å². The lowest BCUT2D eigenvalue weighted by Gasteiger charge is -2.22. The number of halogens is 1. The predicted octanol–water partition coefficient (Wildman–Crippen LogP) is 2.48. The van der Waals surface area contributed by atoms with E-state index in [2.05, 4.69) is 34.2 Å². The second-order valence-corrected chi connectivity index (χ2v) is 5.28. The molecule has 1 atom stereocenters. The molecule has 2 heterocycles. The maximum atomic E-state index is 5.41. The van der Waals surface area contributed by atoms with Crippen molar-refractivity contribution in [2.75, 3.05) is 19.8 Å². The van der Waals surface area contributed by atoms with Crippen molar-refractivity contribution in [2.45, 2.75) is 13.0 Å². The molecule has 0 bridgehead atoms. The number of nitrogens with one attached hydrogen (secondary N) is 1. The molecular weight excluding hydrogens is 250 g/mol. The summed E-state index contributed by atoms with van der Waals surface area (Å²) in [5.41, 5.74) is 0. The van der Waals surface area contributed by atoms with Crippen molar-refractivity contribution in [3.05, 3.63) is 20.3 Å². The summed E-state index contributed by atoms with van der Waals surface area (Å²) in [5.74, 6) is 0. The maximum Gasteiger partial charge on any atom is 0.0670 e. The minimum Gasteiger partial charge on any atom is -0.378 e. The average Bonchev–Trinajstić information content (AvgIpc) is 2.49. The second kappa shape index (κ2) is 4.09. The quantitative estimate of drug-likeness (QED) is 0.839. The minimum absolute atomic E-state index is 0.392. The van der Waals surface area contributed by atoms with E-state index >= 15 is 0 Å². The van der Waals surface area contributed by atoms with Crippen LogP contribution in [-0.4, -0.2) is 19.8 Å². The summed E-state index contributed by atoms with van der Waals surface area (Å²) in [7, 11) is 0. The third-order valence-corrected chi connectivity index (χ3v) is 4.39. The number of rotatable bonds is 1. The number of thiophene rings is 1. The standard InChI is InChI=1S/C9H12BrNOS/c1-6-7(10)4-9(13-6)8-5-12-3-2-11-8/h4,8,11H,2-3,5H2,1H3. The van der Waals surface area contributed by atoms with Crippen molar-refractivity contribution in [2.24, 2.45) is 0 Å². The van der Waals surface area contributed by atoms with Gasteiger partial charge in [0, 0.05) is 20.8 Å². The van der Waals surface area contributed by atoms with Gasteiger partial charge in [-0.15, -0.1) is 11.3 Å². The smallest absolute Gasteiger partial charge is 0.0670 e. The first-order chi connectivity index (χ1) is 6.27. The van der Waals surface area contributed by atoms with Crippen molar-refractivity contribution in [1.29, 1.82) is 0 Å². The molecule has 1 unspecified atom stereocenters. The highest BCUT2D eigenvalue weighted by Crippen LogP contribution is 2.31. The first-order valence-corrected chi connectivity index (χ1v) is 5.95. The molecule has 4 heteroatoms. The SMILES string of the molecule is Cc1sc(C2COCCN2)cc1Br. The lowest BCUT2D eigenvalue weighted by Crippen LogP contribution is -2.33. The number of hydrogen-bond acceptors (Lipinski definition) is 3. The van der Waals surface area contributed by atoms with Gasteiger partial charge >= 0.3 is 0 Å². The van der Waals surface area contributed by atoms with Crippen molar-refractivity contribution in [1.82, 2.24) is 5.32 Å². The van der Waals surface area contributed by atoms with Crippen LogP contribution in [0.4, 0.5) is 0 Å².